The van der Waals surface area contributed by atoms with Crippen molar-refractivity contribution in [2.24, 2.45) is 5.10 Å². The number of ether oxygens (including phenoxy) is 2. The number of aromatic hydroxyl groups is 1. The zero-order valence-corrected chi connectivity index (χ0v) is 17.9. The Balaban J connectivity index is 1.57. The van der Waals surface area contributed by atoms with Crippen molar-refractivity contribution < 1.29 is 24.2 Å². The number of nitrogens with zero attached hydrogens (tertiary/aromatic N) is 1. The molecule has 0 fully saturated rings. The fourth-order valence-corrected chi connectivity index (χ4v) is 3.14. The van der Waals surface area contributed by atoms with E-state index in [1.165, 1.54) is 30.5 Å². The van der Waals surface area contributed by atoms with E-state index in [4.69, 9.17) is 21.1 Å². The number of phenols is 1. The Labute approximate surface area is 194 Å². The first-order valence-corrected chi connectivity index (χ1v) is 10.2. The van der Waals surface area contributed by atoms with Gasteiger partial charge < -0.3 is 19.9 Å². The number of rotatable bonds is 6. The first-order chi connectivity index (χ1) is 16.0. The molecule has 0 unspecified atom stereocenters. The van der Waals surface area contributed by atoms with Crippen LogP contribution in [0, 0.1) is 0 Å². The maximum absolute atomic E-state index is 12.8. The number of halogens is 1. The summed E-state index contributed by atoms with van der Waals surface area (Å²) in [4.78, 5) is 25.5. The molecule has 3 aromatic rings. The Morgan fingerprint density at radius 1 is 1.00 bits per heavy atom. The zero-order valence-electron chi connectivity index (χ0n) is 17.1. The summed E-state index contributed by atoms with van der Waals surface area (Å²) >= 11 is 5.92. The van der Waals surface area contributed by atoms with E-state index in [2.05, 4.69) is 15.8 Å². The number of hydrogen-bond donors (Lipinski definition) is 3. The molecule has 0 aliphatic carbocycles. The van der Waals surface area contributed by atoms with Crippen molar-refractivity contribution in [1.82, 2.24) is 10.7 Å². The largest absolute Gasteiger partial charge is 0.507 e. The molecule has 0 spiro atoms. The lowest BCUT2D eigenvalue weighted by Crippen LogP contribution is -2.32. The van der Waals surface area contributed by atoms with Crippen molar-refractivity contribution in [3.63, 3.8) is 0 Å². The zero-order chi connectivity index (χ0) is 23.2. The van der Waals surface area contributed by atoms with E-state index in [1.54, 1.807) is 48.5 Å². The van der Waals surface area contributed by atoms with Crippen LogP contribution in [0.1, 0.15) is 21.5 Å². The van der Waals surface area contributed by atoms with E-state index in [1.807, 2.05) is 0 Å². The monoisotopic (exact) mass is 463 g/mol. The fourth-order valence-electron chi connectivity index (χ4n) is 2.96. The summed E-state index contributed by atoms with van der Waals surface area (Å²) in [7, 11) is 0. The third-order valence-corrected chi connectivity index (χ3v) is 4.83. The second-order valence-electron chi connectivity index (χ2n) is 6.89. The molecule has 0 radical (unpaired) electrons. The third kappa shape index (κ3) is 5.50. The Morgan fingerprint density at radius 2 is 1.79 bits per heavy atom. The van der Waals surface area contributed by atoms with Crippen LogP contribution in [0.25, 0.3) is 6.08 Å². The highest BCUT2D eigenvalue weighted by Crippen LogP contribution is 2.33. The van der Waals surface area contributed by atoms with Gasteiger partial charge in [0.15, 0.2) is 11.5 Å². The molecule has 166 valence electrons. The van der Waals surface area contributed by atoms with Crippen LogP contribution in [0.2, 0.25) is 5.02 Å². The molecule has 1 heterocycles. The van der Waals surface area contributed by atoms with Gasteiger partial charge in [0.1, 0.15) is 11.4 Å². The maximum atomic E-state index is 12.8. The van der Waals surface area contributed by atoms with E-state index in [0.29, 0.717) is 33.2 Å². The normalized spacial score (nSPS) is 12.6. The van der Waals surface area contributed by atoms with Gasteiger partial charge in [0.25, 0.3) is 11.8 Å². The summed E-state index contributed by atoms with van der Waals surface area (Å²) in [6, 6.07) is 18.0. The molecule has 0 saturated carbocycles. The molecule has 1 aliphatic rings. The summed E-state index contributed by atoms with van der Waals surface area (Å²) in [5.41, 5.74) is 3.60. The summed E-state index contributed by atoms with van der Waals surface area (Å²) in [5, 5.41) is 16.8. The molecular weight excluding hydrogens is 446 g/mol. The van der Waals surface area contributed by atoms with Crippen molar-refractivity contribution in [1.29, 1.82) is 0 Å². The predicted molar refractivity (Wildman–Crippen MR) is 123 cm³/mol. The molecule has 9 heteroatoms. The molecule has 0 aromatic heterocycles. The van der Waals surface area contributed by atoms with Gasteiger partial charge in [-0.2, -0.15) is 5.10 Å². The third-order valence-electron chi connectivity index (χ3n) is 4.60. The first-order valence-electron chi connectivity index (χ1n) is 9.79. The number of amides is 2. The van der Waals surface area contributed by atoms with Crippen molar-refractivity contribution in [2.45, 2.75) is 0 Å². The maximum Gasteiger partial charge on any atom is 0.287 e. The van der Waals surface area contributed by atoms with Crippen LogP contribution in [0.5, 0.6) is 17.2 Å². The quantitative estimate of drug-likeness (QED) is 0.293. The molecule has 0 atom stereocenters. The number of nitrogens with one attached hydrogen (secondary N) is 2. The van der Waals surface area contributed by atoms with Gasteiger partial charge in [-0.15, -0.1) is 0 Å². The molecular formula is C24H18ClN3O5. The van der Waals surface area contributed by atoms with Crippen molar-refractivity contribution in [3.8, 4) is 17.2 Å². The lowest BCUT2D eigenvalue weighted by Gasteiger charge is -2.09. The van der Waals surface area contributed by atoms with Gasteiger partial charge in [-0.3, -0.25) is 9.59 Å². The molecule has 0 bridgehead atoms. The molecule has 8 nitrogen and oxygen atoms in total. The van der Waals surface area contributed by atoms with Crippen molar-refractivity contribution >= 4 is 35.7 Å². The van der Waals surface area contributed by atoms with Crippen LogP contribution in [-0.4, -0.2) is 29.9 Å². The van der Waals surface area contributed by atoms with Crippen LogP contribution < -0.4 is 20.2 Å². The number of benzene rings is 3. The van der Waals surface area contributed by atoms with Crippen molar-refractivity contribution in [2.75, 3.05) is 6.79 Å². The van der Waals surface area contributed by atoms with E-state index in [0.717, 1.165) is 0 Å². The summed E-state index contributed by atoms with van der Waals surface area (Å²) in [6.07, 6.45) is 2.74. The minimum absolute atomic E-state index is 0.0461. The second-order valence-corrected chi connectivity index (χ2v) is 7.33. The van der Waals surface area contributed by atoms with Gasteiger partial charge in [0, 0.05) is 16.1 Å². The lowest BCUT2D eigenvalue weighted by atomic mass is 10.1. The topological polar surface area (TPSA) is 109 Å². The predicted octanol–water partition coefficient (Wildman–Crippen LogP) is 3.70. The molecule has 4 rings (SSSR count). The number of hydrogen-bond acceptors (Lipinski definition) is 6. The van der Waals surface area contributed by atoms with E-state index in [9.17, 15) is 14.7 Å². The molecule has 3 aromatic carbocycles. The number of fused-ring (bicyclic) bond motifs is 1. The van der Waals surface area contributed by atoms with E-state index in [-0.39, 0.29) is 18.2 Å². The average Bonchev–Trinajstić information content (AvgIpc) is 3.29. The minimum Gasteiger partial charge on any atom is -0.507 e. The van der Waals surface area contributed by atoms with Gasteiger partial charge in [0.2, 0.25) is 6.79 Å². The molecule has 33 heavy (non-hydrogen) atoms. The average molecular weight is 464 g/mol. The number of carbonyl (C=O) groups is 2. The molecule has 0 saturated heterocycles. The summed E-state index contributed by atoms with van der Waals surface area (Å²) in [5.74, 6) is -0.0559. The van der Waals surface area contributed by atoms with Gasteiger partial charge >= 0.3 is 0 Å². The smallest absolute Gasteiger partial charge is 0.287 e. The lowest BCUT2D eigenvalue weighted by molar-refractivity contribution is -0.117. The Kier molecular flexibility index (Phi) is 6.56. The number of phenolic OH excluding ortho intramolecular Hbond substituents is 1. The number of hydrazone groups is 1. The highest BCUT2D eigenvalue weighted by atomic mass is 35.5. The highest BCUT2D eigenvalue weighted by molar-refractivity contribution is 6.30. The Hall–Kier alpha value is -4.30. The minimum atomic E-state index is -0.672. The Bertz CT molecular complexity index is 1260. The van der Waals surface area contributed by atoms with Crippen LogP contribution in [0.15, 0.2) is 77.5 Å². The van der Waals surface area contributed by atoms with E-state index < -0.39 is 11.8 Å². The molecule has 2 amide bonds. The highest BCUT2D eigenvalue weighted by Gasteiger charge is 2.17. The van der Waals surface area contributed by atoms with Gasteiger partial charge in [0.05, 0.1) is 6.21 Å². The van der Waals surface area contributed by atoms with Crippen LogP contribution in [0.4, 0.5) is 0 Å². The van der Waals surface area contributed by atoms with E-state index >= 15 is 0 Å². The van der Waals surface area contributed by atoms with Crippen LogP contribution in [-0.2, 0) is 4.79 Å². The standard InChI is InChI=1S/C24H18ClN3O5/c25-18-7-8-20(29)17(12-18)13-26-28-24(31)19(27-23(30)16-4-2-1-3-5-16)10-15-6-9-21-22(11-15)33-14-32-21/h1-13,29H,14H2,(H,27,30)(H,28,31)/b19-10?,26-13+. The van der Waals surface area contributed by atoms with Crippen LogP contribution >= 0.6 is 11.6 Å². The van der Waals surface area contributed by atoms with Gasteiger partial charge in [-0.05, 0) is 54.1 Å². The van der Waals surface area contributed by atoms with Crippen LogP contribution in [0.3, 0.4) is 0 Å². The van der Waals surface area contributed by atoms with Gasteiger partial charge in [-0.1, -0.05) is 35.9 Å². The first kappa shape index (κ1) is 21.9. The van der Waals surface area contributed by atoms with Gasteiger partial charge in [-0.25, -0.2) is 5.43 Å². The number of carbonyl (C=O) groups excluding carboxylic acids is 2. The molecule has 3 N–H and O–H groups in total. The second kappa shape index (κ2) is 9.88. The summed E-state index contributed by atoms with van der Waals surface area (Å²) in [6.45, 7) is 0.117. The Morgan fingerprint density at radius 3 is 2.61 bits per heavy atom. The SMILES string of the molecule is O=C(N/N=C/c1cc(Cl)ccc1O)C(=Cc1ccc2c(c1)OCO2)NC(=O)c1ccccc1. The fraction of sp³-hybridized carbons (Fsp3) is 0.0417. The van der Waals surface area contributed by atoms with Crippen molar-refractivity contribution in [3.05, 3.63) is 94.1 Å². The summed E-state index contributed by atoms with van der Waals surface area (Å²) < 4.78 is 10.7. The molecule has 1 aliphatic heterocycles.